The van der Waals surface area contributed by atoms with Gasteiger partial charge in [0.05, 0.1) is 5.69 Å². The van der Waals surface area contributed by atoms with Gasteiger partial charge in [-0.25, -0.2) is 4.98 Å². The number of hydrogen-bond donors (Lipinski definition) is 0. The molecule has 0 N–H and O–H groups in total. The first-order chi connectivity index (χ1) is 6.63. The van der Waals surface area contributed by atoms with Crippen molar-refractivity contribution >= 4 is 32.2 Å². The average molecular weight is 278 g/mol. The van der Waals surface area contributed by atoms with Gasteiger partial charge >= 0.3 is 5.56 Å². The van der Waals surface area contributed by atoms with Gasteiger partial charge < -0.3 is 0 Å². The molecule has 7 heteroatoms. The summed E-state index contributed by atoms with van der Waals surface area (Å²) in [6.45, 7) is 1.75. The van der Waals surface area contributed by atoms with Crippen molar-refractivity contribution < 1.29 is 4.39 Å². The van der Waals surface area contributed by atoms with Gasteiger partial charge in [0.2, 0.25) is 10.8 Å². The summed E-state index contributed by atoms with van der Waals surface area (Å²) in [5, 5.41) is 3.79. The monoisotopic (exact) mass is 277 g/mol. The second kappa shape index (κ2) is 3.39. The molecule has 0 saturated heterocycles. The molecule has 0 amide bonds. The van der Waals surface area contributed by atoms with E-state index < -0.39 is 11.4 Å². The van der Waals surface area contributed by atoms with Crippen LogP contribution in [0.3, 0.4) is 0 Å². The summed E-state index contributed by atoms with van der Waals surface area (Å²) < 4.78 is 14.8. The summed E-state index contributed by atoms with van der Waals surface area (Å²) in [6.07, 6.45) is 0.396. The summed E-state index contributed by atoms with van der Waals surface area (Å²) in [5.74, 6) is -0.817. The molecule has 4 nitrogen and oxygen atoms in total. The Labute approximate surface area is 90.5 Å². The molecule has 2 aromatic rings. The molecule has 2 aromatic heterocycles. The lowest BCUT2D eigenvalue weighted by atomic mass is 10.3. The van der Waals surface area contributed by atoms with Gasteiger partial charge in [-0.05, 0) is 22.4 Å². The molecule has 74 valence electrons. The van der Waals surface area contributed by atoms with Gasteiger partial charge in [-0.1, -0.05) is 18.3 Å². The number of fused-ring (bicyclic) bond motifs is 1. The fourth-order valence-electron chi connectivity index (χ4n) is 1.08. The van der Waals surface area contributed by atoms with Crippen molar-refractivity contribution in [2.24, 2.45) is 0 Å². The van der Waals surface area contributed by atoms with E-state index in [0.717, 1.165) is 4.52 Å². The lowest BCUT2D eigenvalue weighted by Gasteiger charge is -1.96. The number of rotatable bonds is 1. The van der Waals surface area contributed by atoms with Crippen LogP contribution >= 0.6 is 27.3 Å². The molecule has 0 unspecified atom stereocenters. The smallest absolute Gasteiger partial charge is 0.264 e. The SMILES string of the molecule is CCc1nc2sc(Br)nn2c(=O)c1F. The number of hydrogen-bond acceptors (Lipinski definition) is 4. The van der Waals surface area contributed by atoms with E-state index in [2.05, 4.69) is 26.0 Å². The number of nitrogens with zero attached hydrogens (tertiary/aromatic N) is 3. The zero-order valence-electron chi connectivity index (χ0n) is 7.12. The third kappa shape index (κ3) is 1.36. The van der Waals surface area contributed by atoms with Gasteiger partial charge in [-0.2, -0.15) is 8.91 Å². The molecule has 0 aliphatic heterocycles. The molecule has 0 aromatic carbocycles. The fourth-order valence-corrected chi connectivity index (χ4v) is 2.31. The van der Waals surface area contributed by atoms with Crippen LogP contribution in [0.5, 0.6) is 0 Å². The largest absolute Gasteiger partial charge is 0.311 e. The van der Waals surface area contributed by atoms with E-state index in [1.54, 1.807) is 6.92 Å². The molecule has 0 aliphatic rings. The van der Waals surface area contributed by atoms with Crippen molar-refractivity contribution in [3.05, 3.63) is 25.8 Å². The molecule has 14 heavy (non-hydrogen) atoms. The van der Waals surface area contributed by atoms with E-state index >= 15 is 0 Å². The quantitative estimate of drug-likeness (QED) is 0.796. The Hall–Kier alpha value is -0.820. The Morgan fingerprint density at radius 1 is 1.64 bits per heavy atom. The van der Waals surface area contributed by atoms with Crippen LogP contribution in [0.2, 0.25) is 0 Å². The van der Waals surface area contributed by atoms with Crippen LogP contribution in [0.4, 0.5) is 4.39 Å². The topological polar surface area (TPSA) is 47.3 Å². The Bertz CT molecular complexity index is 550. The van der Waals surface area contributed by atoms with Crippen molar-refractivity contribution in [1.29, 1.82) is 0 Å². The lowest BCUT2D eigenvalue weighted by Crippen LogP contribution is -2.21. The van der Waals surface area contributed by atoms with Crippen molar-refractivity contribution in [3.8, 4) is 0 Å². The van der Waals surface area contributed by atoms with Crippen LogP contribution in [0.25, 0.3) is 4.96 Å². The van der Waals surface area contributed by atoms with Gasteiger partial charge in [-0.3, -0.25) is 4.79 Å². The fraction of sp³-hybridized carbons (Fsp3) is 0.286. The van der Waals surface area contributed by atoms with Crippen molar-refractivity contribution in [3.63, 3.8) is 0 Å². The van der Waals surface area contributed by atoms with Crippen LogP contribution in [-0.2, 0) is 6.42 Å². The Morgan fingerprint density at radius 3 is 3.00 bits per heavy atom. The molecule has 0 radical (unpaired) electrons. The first-order valence-electron chi connectivity index (χ1n) is 3.87. The van der Waals surface area contributed by atoms with E-state index in [0.29, 0.717) is 15.3 Å². The van der Waals surface area contributed by atoms with Crippen LogP contribution in [0, 0.1) is 5.82 Å². The first-order valence-corrected chi connectivity index (χ1v) is 5.48. The van der Waals surface area contributed by atoms with Crippen LogP contribution in [0.1, 0.15) is 12.6 Å². The van der Waals surface area contributed by atoms with Crippen molar-refractivity contribution in [1.82, 2.24) is 14.6 Å². The predicted octanol–water partition coefficient (Wildman–Crippen LogP) is 1.61. The maximum absolute atomic E-state index is 13.3. The third-order valence-corrected chi connectivity index (χ3v) is 3.08. The maximum Gasteiger partial charge on any atom is 0.311 e. The van der Waals surface area contributed by atoms with Gasteiger partial charge in [-0.15, -0.1) is 5.10 Å². The summed E-state index contributed by atoms with van der Waals surface area (Å²) in [5.41, 5.74) is -0.556. The van der Waals surface area contributed by atoms with Gasteiger partial charge in [0.1, 0.15) is 0 Å². The highest BCUT2D eigenvalue weighted by Gasteiger charge is 2.13. The molecule has 0 fully saturated rings. The van der Waals surface area contributed by atoms with Gasteiger partial charge in [0, 0.05) is 0 Å². The van der Waals surface area contributed by atoms with Crippen LogP contribution < -0.4 is 5.56 Å². The molecule has 0 spiro atoms. The van der Waals surface area contributed by atoms with Crippen LogP contribution in [0.15, 0.2) is 8.71 Å². The summed E-state index contributed by atoms with van der Waals surface area (Å²) >= 11 is 4.31. The van der Waals surface area contributed by atoms with Crippen LogP contribution in [-0.4, -0.2) is 14.6 Å². The van der Waals surface area contributed by atoms with Gasteiger partial charge in [0.25, 0.3) is 0 Å². The van der Waals surface area contributed by atoms with E-state index in [1.807, 2.05) is 0 Å². The van der Waals surface area contributed by atoms with E-state index in [-0.39, 0.29) is 5.69 Å². The number of halogens is 2. The molecule has 2 rings (SSSR count). The Morgan fingerprint density at radius 2 is 2.36 bits per heavy atom. The predicted molar refractivity (Wildman–Crippen MR) is 54.2 cm³/mol. The molecular formula is C7H5BrFN3OS. The highest BCUT2D eigenvalue weighted by Crippen LogP contribution is 2.17. The highest BCUT2D eigenvalue weighted by molar-refractivity contribution is 9.11. The zero-order valence-corrected chi connectivity index (χ0v) is 9.52. The minimum absolute atomic E-state index is 0.186. The minimum atomic E-state index is -0.817. The normalized spacial score (nSPS) is 11.1. The van der Waals surface area contributed by atoms with E-state index in [4.69, 9.17) is 0 Å². The third-order valence-electron chi connectivity index (χ3n) is 1.73. The van der Waals surface area contributed by atoms with Crippen molar-refractivity contribution in [2.45, 2.75) is 13.3 Å². The van der Waals surface area contributed by atoms with E-state index in [9.17, 15) is 9.18 Å². The average Bonchev–Trinajstić information content (AvgIpc) is 2.52. The van der Waals surface area contributed by atoms with Gasteiger partial charge in [0.15, 0.2) is 3.92 Å². The standard InChI is InChI=1S/C7H5BrFN3OS/c1-2-3-4(9)5(13)12-7(10-3)14-6(8)11-12/h2H2,1H3. The second-order valence-electron chi connectivity index (χ2n) is 2.58. The van der Waals surface area contributed by atoms with E-state index in [1.165, 1.54) is 11.3 Å². The molecule has 0 bridgehead atoms. The number of aromatic nitrogens is 3. The highest BCUT2D eigenvalue weighted by atomic mass is 79.9. The number of aryl methyl sites for hydroxylation is 1. The molecule has 0 atom stereocenters. The molecule has 0 aliphatic carbocycles. The lowest BCUT2D eigenvalue weighted by molar-refractivity contribution is 0.572. The summed E-state index contributed by atoms with van der Waals surface area (Å²) in [7, 11) is 0. The molecular weight excluding hydrogens is 273 g/mol. The molecule has 2 heterocycles. The maximum atomic E-state index is 13.3. The minimum Gasteiger partial charge on any atom is -0.264 e. The van der Waals surface area contributed by atoms with Crippen molar-refractivity contribution in [2.75, 3.05) is 0 Å². The molecule has 0 saturated carbocycles. The summed E-state index contributed by atoms with van der Waals surface area (Å²) in [6, 6.07) is 0. The Kier molecular flexibility index (Phi) is 2.36. The zero-order chi connectivity index (χ0) is 10.3. The second-order valence-corrected chi connectivity index (χ2v) is 4.81. The first kappa shape index (κ1) is 9.72. The Balaban J connectivity index is 2.91. The summed E-state index contributed by atoms with van der Waals surface area (Å²) in [4.78, 5) is 15.8.